The van der Waals surface area contributed by atoms with E-state index in [9.17, 15) is 9.59 Å². The van der Waals surface area contributed by atoms with Gasteiger partial charge in [0, 0.05) is 19.4 Å². The van der Waals surface area contributed by atoms with Crippen molar-refractivity contribution in [2.75, 3.05) is 7.11 Å². The average Bonchev–Trinajstić information content (AvgIpc) is 3.09. The molecular formula is C27H38O4. The van der Waals surface area contributed by atoms with Crippen molar-refractivity contribution in [1.29, 1.82) is 0 Å². The number of fused-ring (bicyclic) bond motifs is 5. The Balaban J connectivity index is 1.52. The third-order valence-corrected chi connectivity index (χ3v) is 9.47. The van der Waals surface area contributed by atoms with Crippen molar-refractivity contribution < 1.29 is 19.1 Å². The van der Waals surface area contributed by atoms with E-state index in [1.807, 2.05) is 6.08 Å². The van der Waals surface area contributed by atoms with Gasteiger partial charge in [-0.25, -0.2) is 4.79 Å². The Bertz CT molecular complexity index is 823. The first-order chi connectivity index (χ1) is 14.7. The summed E-state index contributed by atoms with van der Waals surface area (Å²) in [6, 6.07) is 0. The quantitative estimate of drug-likeness (QED) is 0.247. The number of carbonyl (C=O) groups excluding carboxylic acids is 2. The van der Waals surface area contributed by atoms with E-state index >= 15 is 0 Å². The minimum Gasteiger partial charge on any atom is -0.466 e. The summed E-state index contributed by atoms with van der Waals surface area (Å²) in [7, 11) is 1.41. The van der Waals surface area contributed by atoms with Crippen molar-refractivity contribution >= 4 is 11.9 Å². The van der Waals surface area contributed by atoms with Crippen molar-refractivity contribution in [3.8, 4) is 0 Å². The molecule has 0 amide bonds. The van der Waals surface area contributed by atoms with Crippen molar-refractivity contribution in [3.63, 3.8) is 0 Å². The van der Waals surface area contributed by atoms with E-state index in [0.29, 0.717) is 11.8 Å². The van der Waals surface area contributed by atoms with E-state index in [1.54, 1.807) is 0 Å². The lowest BCUT2D eigenvalue weighted by Crippen LogP contribution is -2.50. The second kappa shape index (κ2) is 8.26. The lowest BCUT2D eigenvalue weighted by Gasteiger charge is -2.58. The molecule has 0 heterocycles. The van der Waals surface area contributed by atoms with Crippen LogP contribution >= 0.6 is 0 Å². The Morgan fingerprint density at radius 3 is 2.58 bits per heavy atom. The largest absolute Gasteiger partial charge is 0.466 e. The topological polar surface area (TPSA) is 52.6 Å². The molecule has 0 N–H and O–H groups in total. The Morgan fingerprint density at radius 2 is 1.87 bits per heavy atom. The zero-order valence-corrected chi connectivity index (χ0v) is 19.6. The normalized spacial score (nSPS) is 41.5. The van der Waals surface area contributed by atoms with Crippen molar-refractivity contribution in [2.45, 2.75) is 78.2 Å². The maximum atomic E-state index is 11.5. The minimum atomic E-state index is -0.313. The molecule has 4 heteroatoms. The molecule has 0 saturated heterocycles. The van der Waals surface area contributed by atoms with Crippen LogP contribution < -0.4 is 0 Å². The van der Waals surface area contributed by atoms with Crippen LogP contribution in [0.2, 0.25) is 0 Å². The molecule has 4 aliphatic carbocycles. The smallest absolute Gasteiger partial charge is 0.330 e. The number of ether oxygens (including phenoxy) is 2. The fourth-order valence-electron chi connectivity index (χ4n) is 7.93. The van der Waals surface area contributed by atoms with Crippen molar-refractivity contribution in [1.82, 2.24) is 0 Å². The minimum absolute atomic E-state index is 0.0583. The number of allylic oxidation sites excluding steroid dienone is 3. The molecule has 0 radical (unpaired) electrons. The highest BCUT2D eigenvalue weighted by atomic mass is 16.5. The van der Waals surface area contributed by atoms with Crippen LogP contribution in [0.15, 0.2) is 36.0 Å². The Kier molecular flexibility index (Phi) is 5.95. The predicted octanol–water partition coefficient (Wildman–Crippen LogP) is 5.78. The summed E-state index contributed by atoms with van der Waals surface area (Å²) in [5, 5.41) is 0. The molecule has 4 rings (SSSR count). The summed E-state index contributed by atoms with van der Waals surface area (Å²) in [5.41, 5.74) is 3.12. The number of hydrogen-bond donors (Lipinski definition) is 0. The molecule has 31 heavy (non-hydrogen) atoms. The molecule has 0 aromatic heterocycles. The molecule has 7 atom stereocenters. The summed E-state index contributed by atoms with van der Waals surface area (Å²) in [6.07, 6.45) is 15.0. The fourth-order valence-corrected chi connectivity index (χ4v) is 7.93. The van der Waals surface area contributed by atoms with Gasteiger partial charge in [-0.05, 0) is 79.4 Å². The molecule has 0 aromatic rings. The first kappa shape index (κ1) is 22.4. The maximum absolute atomic E-state index is 11.5. The molecule has 0 aromatic carbocycles. The summed E-state index contributed by atoms with van der Waals surface area (Å²) in [6.45, 7) is 10.8. The van der Waals surface area contributed by atoms with Gasteiger partial charge in [-0.15, -0.1) is 0 Å². The molecule has 0 spiro atoms. The third kappa shape index (κ3) is 3.81. The summed E-state index contributed by atoms with van der Waals surface area (Å²) in [4.78, 5) is 23.0. The second-order valence-corrected chi connectivity index (χ2v) is 10.8. The highest BCUT2D eigenvalue weighted by Gasteiger charge is 2.58. The molecule has 4 aliphatic rings. The molecule has 0 bridgehead atoms. The maximum Gasteiger partial charge on any atom is 0.330 e. The van der Waals surface area contributed by atoms with Gasteiger partial charge in [-0.3, -0.25) is 4.79 Å². The second-order valence-electron chi connectivity index (χ2n) is 10.8. The van der Waals surface area contributed by atoms with Gasteiger partial charge in [-0.1, -0.05) is 43.7 Å². The number of rotatable bonds is 4. The summed E-state index contributed by atoms with van der Waals surface area (Å²) in [5.74, 6) is 2.13. The number of hydrogen-bond acceptors (Lipinski definition) is 4. The Hall–Kier alpha value is -1.84. The molecule has 3 unspecified atom stereocenters. The van der Waals surface area contributed by atoms with Crippen LogP contribution in [-0.2, 0) is 19.1 Å². The van der Waals surface area contributed by atoms with Crippen LogP contribution in [-0.4, -0.2) is 25.2 Å². The van der Waals surface area contributed by atoms with E-state index in [-0.39, 0.29) is 28.9 Å². The zero-order valence-electron chi connectivity index (χ0n) is 19.6. The lowest BCUT2D eigenvalue weighted by molar-refractivity contribution is -0.148. The third-order valence-electron chi connectivity index (χ3n) is 9.47. The summed E-state index contributed by atoms with van der Waals surface area (Å²) >= 11 is 0. The first-order valence-electron chi connectivity index (χ1n) is 12.0. The highest BCUT2D eigenvalue weighted by Crippen LogP contribution is 2.67. The predicted molar refractivity (Wildman–Crippen MR) is 121 cm³/mol. The van der Waals surface area contributed by atoms with Crippen LogP contribution in [0.4, 0.5) is 0 Å². The first-order valence-corrected chi connectivity index (χ1v) is 12.0. The molecule has 4 nitrogen and oxygen atoms in total. The van der Waals surface area contributed by atoms with Crippen LogP contribution in [0, 0.1) is 34.5 Å². The van der Waals surface area contributed by atoms with Crippen molar-refractivity contribution in [3.05, 3.63) is 36.0 Å². The fraction of sp³-hybridized carbons (Fsp3) is 0.704. The number of methoxy groups -OCH3 is 1. The van der Waals surface area contributed by atoms with Crippen LogP contribution in [0.25, 0.3) is 0 Å². The van der Waals surface area contributed by atoms with Crippen LogP contribution in [0.3, 0.4) is 0 Å². The van der Waals surface area contributed by atoms with E-state index in [0.717, 1.165) is 49.5 Å². The number of esters is 2. The lowest BCUT2D eigenvalue weighted by atomic mass is 9.47. The molecule has 0 aliphatic heterocycles. The standard InChI is InChI=1S/C27H38O4/c1-17(6-11-25(29)30-5)22-9-10-23-21-8-7-19-16-20(31-18(2)28)12-14-26(19,3)24(21)13-15-27(22,23)4/h6-7,11,20-24H,1,8-10,12-16H2,2-5H3/b11-6+/t20-,21?,22+,23?,24?,26-,27+/m0/s1. The van der Waals surface area contributed by atoms with Gasteiger partial charge in [-0.2, -0.15) is 0 Å². The molecule has 170 valence electrons. The molecular weight excluding hydrogens is 388 g/mol. The van der Waals surface area contributed by atoms with E-state index in [2.05, 4.69) is 26.5 Å². The van der Waals surface area contributed by atoms with E-state index < -0.39 is 0 Å². The van der Waals surface area contributed by atoms with E-state index in [1.165, 1.54) is 44.9 Å². The van der Waals surface area contributed by atoms with Crippen molar-refractivity contribution in [2.24, 2.45) is 34.5 Å². The average molecular weight is 427 g/mol. The van der Waals surface area contributed by atoms with Gasteiger partial charge in [0.2, 0.25) is 0 Å². The Morgan fingerprint density at radius 1 is 1.10 bits per heavy atom. The Labute approximate surface area is 187 Å². The molecule has 3 fully saturated rings. The van der Waals surface area contributed by atoms with Gasteiger partial charge >= 0.3 is 11.9 Å². The van der Waals surface area contributed by atoms with Gasteiger partial charge in [0.15, 0.2) is 0 Å². The van der Waals surface area contributed by atoms with Gasteiger partial charge in [0.25, 0.3) is 0 Å². The summed E-state index contributed by atoms with van der Waals surface area (Å²) < 4.78 is 10.3. The van der Waals surface area contributed by atoms with E-state index in [4.69, 9.17) is 9.47 Å². The van der Waals surface area contributed by atoms with Crippen LogP contribution in [0.5, 0.6) is 0 Å². The highest BCUT2D eigenvalue weighted by molar-refractivity contribution is 5.82. The SMILES string of the molecule is C=C(/C=C/C(=O)OC)[C@H]1CCC2C3CC=C4C[C@@H](OC(C)=O)CC[C@]4(C)C3CC[C@@]21C. The molecule has 3 saturated carbocycles. The van der Waals surface area contributed by atoms with Gasteiger partial charge < -0.3 is 9.47 Å². The van der Waals surface area contributed by atoms with Gasteiger partial charge in [0.1, 0.15) is 6.10 Å². The van der Waals surface area contributed by atoms with Crippen LogP contribution in [0.1, 0.15) is 72.1 Å². The zero-order chi connectivity index (χ0) is 22.4. The van der Waals surface area contributed by atoms with Gasteiger partial charge in [0.05, 0.1) is 7.11 Å². The number of carbonyl (C=O) groups is 2. The monoisotopic (exact) mass is 426 g/mol.